The number of rotatable bonds is 3. The Morgan fingerprint density at radius 2 is 2.54 bits per heavy atom. The van der Waals surface area contributed by atoms with Gasteiger partial charge in [-0.3, -0.25) is 10.1 Å². The molecule has 0 aliphatic rings. The highest BCUT2D eigenvalue weighted by Crippen LogP contribution is 2.23. The molecule has 0 unspecified atom stereocenters. The van der Waals surface area contributed by atoms with Crippen LogP contribution in [0.2, 0.25) is 0 Å². The number of nitrogens with zero attached hydrogens (tertiary/aromatic N) is 1. The third-order valence-corrected chi connectivity index (χ3v) is 2.35. The van der Waals surface area contributed by atoms with Crippen molar-refractivity contribution in [3.63, 3.8) is 0 Å². The molecule has 0 amide bonds. The highest BCUT2D eigenvalue weighted by atomic mass is 32.1. The summed E-state index contributed by atoms with van der Waals surface area (Å²) in [4.78, 5) is 9.90. The van der Waals surface area contributed by atoms with E-state index in [0.29, 0.717) is 0 Å². The topological polar surface area (TPSA) is 63.4 Å². The van der Waals surface area contributed by atoms with Gasteiger partial charge in [0.05, 0.1) is 11.5 Å². The van der Waals surface area contributed by atoms with Crippen LogP contribution in [0.3, 0.4) is 0 Å². The second-order valence-corrected chi connectivity index (χ2v) is 3.51. The van der Waals surface area contributed by atoms with E-state index in [2.05, 4.69) is 0 Å². The van der Waals surface area contributed by atoms with Crippen LogP contribution in [0, 0.1) is 10.1 Å². The third kappa shape index (κ3) is 2.64. The van der Waals surface area contributed by atoms with Crippen molar-refractivity contribution >= 4 is 22.4 Å². The Morgan fingerprint density at radius 1 is 1.85 bits per heavy atom. The molecule has 70 valence electrons. The van der Waals surface area contributed by atoms with Crippen molar-refractivity contribution in [2.45, 2.75) is 6.92 Å². The lowest BCUT2D eigenvalue weighted by Gasteiger charge is -1.90. The fourth-order valence-electron chi connectivity index (χ4n) is 0.841. The van der Waals surface area contributed by atoms with E-state index in [0.717, 1.165) is 22.5 Å². The number of aliphatic hydroxyl groups excluding tert-OH is 1. The fourth-order valence-corrected chi connectivity index (χ4v) is 1.52. The molecule has 1 heterocycles. The number of hydrogen-bond acceptors (Lipinski definition) is 4. The molecular formula is C8H9NO3S. The number of thiophene rings is 1. The summed E-state index contributed by atoms with van der Waals surface area (Å²) in [5.41, 5.74) is 1.55. The summed E-state index contributed by atoms with van der Waals surface area (Å²) in [6.07, 6.45) is 1.73. The summed E-state index contributed by atoms with van der Waals surface area (Å²) in [7, 11) is 0. The Labute approximate surface area is 79.3 Å². The molecule has 0 aromatic carbocycles. The number of aliphatic hydroxyl groups is 1. The predicted octanol–water partition coefficient (Wildman–Crippen LogP) is 2.05. The molecule has 0 atom stereocenters. The number of nitro groups is 1. The smallest absolute Gasteiger partial charge is 0.324 e. The van der Waals surface area contributed by atoms with E-state index in [1.807, 2.05) is 0 Å². The molecule has 13 heavy (non-hydrogen) atoms. The molecule has 1 aromatic heterocycles. The molecule has 0 radical (unpaired) electrons. The van der Waals surface area contributed by atoms with Crippen LogP contribution in [-0.4, -0.2) is 16.6 Å². The predicted molar refractivity (Wildman–Crippen MR) is 51.7 cm³/mol. The number of hydrogen-bond donors (Lipinski definition) is 1. The first-order valence-electron chi connectivity index (χ1n) is 3.64. The van der Waals surface area contributed by atoms with Gasteiger partial charge >= 0.3 is 5.00 Å². The van der Waals surface area contributed by atoms with Gasteiger partial charge in [-0.15, -0.1) is 0 Å². The summed E-state index contributed by atoms with van der Waals surface area (Å²) >= 11 is 1.08. The normalized spacial score (nSPS) is 11.7. The monoisotopic (exact) mass is 199 g/mol. The van der Waals surface area contributed by atoms with Crippen molar-refractivity contribution in [3.8, 4) is 0 Å². The molecule has 0 fully saturated rings. The molecule has 4 nitrogen and oxygen atoms in total. The molecule has 0 saturated carbocycles. The van der Waals surface area contributed by atoms with Crippen molar-refractivity contribution < 1.29 is 10.0 Å². The van der Waals surface area contributed by atoms with Gasteiger partial charge < -0.3 is 5.11 Å². The molecule has 0 saturated heterocycles. The lowest BCUT2D eigenvalue weighted by Crippen LogP contribution is -1.83. The molecule has 1 aromatic rings. The van der Waals surface area contributed by atoms with E-state index in [9.17, 15) is 10.1 Å². The average molecular weight is 199 g/mol. The first-order valence-corrected chi connectivity index (χ1v) is 4.52. The maximum Gasteiger partial charge on any atom is 0.324 e. The van der Waals surface area contributed by atoms with Gasteiger partial charge in [-0.05, 0) is 18.1 Å². The SMILES string of the molecule is C/C(=C\c1csc([N+](=O)[O-])c1)CO. The maximum absolute atomic E-state index is 10.3. The van der Waals surface area contributed by atoms with Gasteiger partial charge in [0.15, 0.2) is 0 Å². The highest BCUT2D eigenvalue weighted by Gasteiger charge is 2.07. The van der Waals surface area contributed by atoms with Crippen LogP contribution in [0.25, 0.3) is 6.08 Å². The van der Waals surface area contributed by atoms with Gasteiger partial charge in [0, 0.05) is 11.4 Å². The molecular weight excluding hydrogens is 190 g/mol. The largest absolute Gasteiger partial charge is 0.392 e. The van der Waals surface area contributed by atoms with Crippen molar-refractivity contribution in [2.75, 3.05) is 6.61 Å². The van der Waals surface area contributed by atoms with Gasteiger partial charge in [-0.2, -0.15) is 0 Å². The molecule has 0 spiro atoms. The Morgan fingerprint density at radius 3 is 3.00 bits per heavy atom. The van der Waals surface area contributed by atoms with Gasteiger partial charge in [0.2, 0.25) is 0 Å². The first-order chi connectivity index (χ1) is 6.13. The Balaban J connectivity index is 2.86. The van der Waals surface area contributed by atoms with Crippen LogP contribution in [0.4, 0.5) is 5.00 Å². The summed E-state index contributed by atoms with van der Waals surface area (Å²) in [6, 6.07) is 1.49. The molecule has 0 bridgehead atoms. The van der Waals surface area contributed by atoms with E-state index in [1.165, 1.54) is 6.07 Å². The summed E-state index contributed by atoms with van der Waals surface area (Å²) in [5.74, 6) is 0. The fraction of sp³-hybridized carbons (Fsp3) is 0.250. The van der Waals surface area contributed by atoms with Crippen molar-refractivity contribution in [1.82, 2.24) is 0 Å². The molecule has 1 N–H and O–H groups in total. The lowest BCUT2D eigenvalue weighted by molar-refractivity contribution is -0.380. The minimum atomic E-state index is -0.420. The van der Waals surface area contributed by atoms with Gasteiger partial charge in [-0.25, -0.2) is 0 Å². The molecule has 0 aliphatic carbocycles. The van der Waals surface area contributed by atoms with Crippen LogP contribution < -0.4 is 0 Å². The van der Waals surface area contributed by atoms with Crippen molar-refractivity contribution in [1.29, 1.82) is 0 Å². The summed E-state index contributed by atoms with van der Waals surface area (Å²) in [5, 5.41) is 20.8. The zero-order valence-electron chi connectivity index (χ0n) is 7.06. The molecule has 1 rings (SSSR count). The second kappa shape index (κ2) is 4.15. The van der Waals surface area contributed by atoms with Crippen LogP contribution in [0.15, 0.2) is 17.0 Å². The quantitative estimate of drug-likeness (QED) is 0.598. The van der Waals surface area contributed by atoms with Crippen LogP contribution in [-0.2, 0) is 0 Å². The Kier molecular flexibility index (Phi) is 3.16. The van der Waals surface area contributed by atoms with Gasteiger partial charge in [0.25, 0.3) is 0 Å². The molecule has 0 aliphatic heterocycles. The van der Waals surface area contributed by atoms with Crippen molar-refractivity contribution in [2.24, 2.45) is 0 Å². The standard InChI is InChI=1S/C8H9NO3S/c1-6(4-10)2-7-3-8(9(11)12)13-5-7/h2-3,5,10H,4H2,1H3/b6-2+. The highest BCUT2D eigenvalue weighted by molar-refractivity contribution is 7.13. The summed E-state index contributed by atoms with van der Waals surface area (Å²) < 4.78 is 0. The minimum Gasteiger partial charge on any atom is -0.392 e. The Bertz CT molecular complexity index is 343. The minimum absolute atomic E-state index is 0.0242. The molecule has 5 heteroatoms. The lowest BCUT2D eigenvalue weighted by atomic mass is 10.2. The zero-order valence-corrected chi connectivity index (χ0v) is 7.87. The van der Waals surface area contributed by atoms with E-state index in [4.69, 9.17) is 5.11 Å². The summed E-state index contributed by atoms with van der Waals surface area (Å²) in [6.45, 7) is 1.74. The van der Waals surface area contributed by atoms with Crippen molar-refractivity contribution in [3.05, 3.63) is 32.7 Å². The van der Waals surface area contributed by atoms with Gasteiger partial charge in [0.1, 0.15) is 0 Å². The maximum atomic E-state index is 10.3. The van der Waals surface area contributed by atoms with Crippen LogP contribution in [0.5, 0.6) is 0 Å². The first kappa shape index (κ1) is 9.88. The van der Waals surface area contributed by atoms with Crippen LogP contribution in [0.1, 0.15) is 12.5 Å². The Hall–Kier alpha value is -1.20. The second-order valence-electron chi connectivity index (χ2n) is 2.62. The van der Waals surface area contributed by atoms with E-state index in [-0.39, 0.29) is 11.6 Å². The van der Waals surface area contributed by atoms with Crippen LogP contribution >= 0.6 is 11.3 Å². The van der Waals surface area contributed by atoms with E-state index in [1.54, 1.807) is 18.4 Å². The zero-order chi connectivity index (χ0) is 9.84. The van der Waals surface area contributed by atoms with E-state index < -0.39 is 4.92 Å². The van der Waals surface area contributed by atoms with Gasteiger partial charge in [-0.1, -0.05) is 17.4 Å². The average Bonchev–Trinajstić information content (AvgIpc) is 2.52. The van der Waals surface area contributed by atoms with E-state index >= 15 is 0 Å². The third-order valence-electron chi connectivity index (χ3n) is 1.45.